The standard InChI is InChI=1S/C31H45ClN8O2.C24H37N3O3.C4H6O.C4H10.2C2H6.C2H2/c1-30(2,3)42-29(41)37-31(11-15-40(16-12-31)28-25-9-13-33-27(25)35-22-36-28)21-34-26(23-5-7-24(32)8-6-23)10-14-39-19-17-38(4)18-20-39;1-25-11-3-5-21(19-25)20-4-2-6-24(18-20)30-27-14-9-23(10-15-27)29-22-7-12-26(13-8-22)16-17-28;5-3-4-1-2-4;1-3-4-2;3*1-2/h5-9,13,22,26,34H,10-12,14-21H2,1-4H3,(H,37,41)(H,33,35,36);2,4,6,17-18,21-23H,3,5,7-16,19H2,1H3;3-4H,1-2H2;3-4H2,1-2H3;2*1-2H3;1-2H. The number of unbranched alkanes of at least 4 members (excludes halogenated alkanes) is 1. The minimum Gasteiger partial charge on any atom is -0.444 e. The Labute approximate surface area is 529 Å². The van der Waals surface area contributed by atoms with Crippen LogP contribution in [0.2, 0.25) is 5.02 Å². The number of nitrogens with zero attached hydrogens (tertiary/aromatic N) is 8. The molecule has 2 aromatic heterocycles. The number of benzene rings is 2. The van der Waals surface area contributed by atoms with E-state index in [1.165, 1.54) is 43.4 Å². The predicted octanol–water partition coefficient (Wildman–Crippen LogP) is 12.1. The molecule has 1 amide bonds. The van der Waals surface area contributed by atoms with Crippen LogP contribution in [0.4, 0.5) is 10.6 Å². The van der Waals surface area contributed by atoms with Gasteiger partial charge < -0.3 is 59.1 Å². The molecule has 2 atom stereocenters. The number of fused-ring (bicyclic) bond motifs is 1. The second-order valence-corrected chi connectivity index (χ2v) is 24.9. The van der Waals surface area contributed by atoms with Crippen LogP contribution in [0.25, 0.3) is 11.0 Å². The van der Waals surface area contributed by atoms with Gasteiger partial charge in [0.15, 0.2) is 0 Å². The lowest BCUT2D eigenvalue weighted by Crippen LogP contribution is -2.61. The van der Waals surface area contributed by atoms with Crippen molar-refractivity contribution in [2.24, 2.45) is 5.92 Å². The summed E-state index contributed by atoms with van der Waals surface area (Å²) in [4.78, 5) is 63.5. The maximum atomic E-state index is 13.1. The van der Waals surface area contributed by atoms with Crippen molar-refractivity contribution >= 4 is 47.1 Å². The fraction of sp³-hybridized carbons (Fsp3) is 0.667. The van der Waals surface area contributed by atoms with Crippen LogP contribution < -0.4 is 20.4 Å². The monoisotopic (exact) mass is 1230 g/mol. The number of carbonyl (C=O) groups is 3. The van der Waals surface area contributed by atoms with E-state index in [1.807, 2.05) is 72.9 Å². The number of alkyl carbamates (subject to hydrolysis) is 1. The molecule has 17 nitrogen and oxygen atoms in total. The molecule has 7 heterocycles. The number of piperazine rings is 1. The maximum absolute atomic E-state index is 13.1. The van der Waals surface area contributed by atoms with Gasteiger partial charge in [0, 0.05) is 108 Å². The summed E-state index contributed by atoms with van der Waals surface area (Å²) in [7, 11) is 4.40. The number of carbonyl (C=O) groups excluding carboxylic acids is 3. The summed E-state index contributed by atoms with van der Waals surface area (Å²) in [5, 5.41) is 11.0. The molecule has 10 rings (SSSR count). The molecule has 1 aliphatic carbocycles. The molecular formula is C69H112ClN11O6. The van der Waals surface area contributed by atoms with Crippen LogP contribution in [0, 0.1) is 18.8 Å². The van der Waals surface area contributed by atoms with Gasteiger partial charge in [-0.15, -0.1) is 17.9 Å². The van der Waals surface area contributed by atoms with Crippen LogP contribution in [-0.2, 0) is 19.1 Å². The number of anilines is 1. The summed E-state index contributed by atoms with van der Waals surface area (Å²) >= 11 is 6.24. The van der Waals surface area contributed by atoms with Crippen molar-refractivity contribution in [3.8, 4) is 18.6 Å². The number of likely N-dealkylation sites (N-methyl/N-ethyl adjacent to an activating group) is 2. The van der Waals surface area contributed by atoms with Gasteiger partial charge in [0.1, 0.15) is 41.7 Å². The molecule has 2 aromatic carbocycles. The summed E-state index contributed by atoms with van der Waals surface area (Å²) in [6.45, 7) is 32.2. The lowest BCUT2D eigenvalue weighted by molar-refractivity contribution is -0.125. The van der Waals surface area contributed by atoms with E-state index in [4.69, 9.17) is 25.9 Å². The van der Waals surface area contributed by atoms with Gasteiger partial charge in [0.05, 0.1) is 29.7 Å². The molecule has 0 radical (unpaired) electrons. The minimum atomic E-state index is -0.575. The summed E-state index contributed by atoms with van der Waals surface area (Å²) in [6, 6.07) is 19.0. The lowest BCUT2D eigenvalue weighted by Gasteiger charge is -2.44. The number of ether oxygens (including phenoxy) is 2. The fourth-order valence-electron chi connectivity index (χ4n) is 11.2. The Morgan fingerprint density at radius 3 is 2.01 bits per heavy atom. The van der Waals surface area contributed by atoms with Crippen LogP contribution in [0.15, 0.2) is 67.1 Å². The molecule has 5 aliphatic heterocycles. The van der Waals surface area contributed by atoms with E-state index in [-0.39, 0.29) is 12.1 Å². The molecule has 0 bridgehead atoms. The first-order chi connectivity index (χ1) is 42.1. The molecule has 2 unspecified atom stereocenters. The van der Waals surface area contributed by atoms with Gasteiger partial charge in [0.25, 0.3) is 0 Å². The second kappa shape index (κ2) is 40.5. The minimum absolute atomic E-state index is 0.124. The van der Waals surface area contributed by atoms with Crippen LogP contribution in [0.1, 0.15) is 169 Å². The van der Waals surface area contributed by atoms with E-state index in [1.54, 1.807) is 6.33 Å². The number of rotatable bonds is 18. The van der Waals surface area contributed by atoms with E-state index < -0.39 is 11.1 Å². The number of terminal acetylenes is 1. The predicted molar refractivity (Wildman–Crippen MR) is 358 cm³/mol. The lowest BCUT2D eigenvalue weighted by atomic mass is 9.86. The number of H-pyrrole nitrogens is 1. The molecule has 6 fully saturated rings. The van der Waals surface area contributed by atoms with Crippen molar-refractivity contribution in [2.45, 2.75) is 181 Å². The summed E-state index contributed by atoms with van der Waals surface area (Å²) in [6.07, 6.45) is 27.9. The Morgan fingerprint density at radius 1 is 0.793 bits per heavy atom. The number of amides is 1. The van der Waals surface area contributed by atoms with Crippen molar-refractivity contribution in [2.75, 3.05) is 117 Å². The molecule has 3 N–H and O–H groups in total. The van der Waals surface area contributed by atoms with Gasteiger partial charge in [-0.2, -0.15) is 0 Å². The zero-order valence-electron chi connectivity index (χ0n) is 55.3. The molecule has 4 aromatic rings. The number of likely N-dealkylation sites (tertiary alicyclic amines) is 2. The normalized spacial score (nSPS) is 20.0. The number of halogens is 1. The third-order valence-corrected chi connectivity index (χ3v) is 16.8. The fourth-order valence-corrected chi connectivity index (χ4v) is 11.3. The van der Waals surface area contributed by atoms with E-state index in [9.17, 15) is 14.4 Å². The SMILES string of the molecule is C#C.CC.CC.CCCC.CN1CCCC(c2cccc(ON3CCC(OC4CCN(CC=O)CC4)CC3)c2)C1.CN1CCN(CCC(NCC2(NC(=O)OC(C)(C)C)CCN(c3ncnc4[nH]ccc34)CC2)c2ccc(Cl)cc2)CC1.O=CC1CC1. The van der Waals surface area contributed by atoms with E-state index in [0.29, 0.717) is 37.1 Å². The topological polar surface area (TPSA) is 164 Å². The van der Waals surface area contributed by atoms with E-state index in [2.05, 4.69) is 132 Å². The van der Waals surface area contributed by atoms with Gasteiger partial charge >= 0.3 is 6.09 Å². The molecule has 5 saturated heterocycles. The summed E-state index contributed by atoms with van der Waals surface area (Å²) in [5.74, 6) is 2.95. The Kier molecular flexibility index (Phi) is 34.6. The number of nitrogens with one attached hydrogen (secondary N) is 3. The molecule has 6 aliphatic rings. The Hall–Kier alpha value is -5.16. The first-order valence-electron chi connectivity index (χ1n) is 32.9. The van der Waals surface area contributed by atoms with Gasteiger partial charge in [-0.05, 0) is 159 Å². The number of hydrogen-bond donors (Lipinski definition) is 3. The Balaban J connectivity index is 0.000000312. The molecule has 87 heavy (non-hydrogen) atoms. The average molecular weight is 1230 g/mol. The zero-order chi connectivity index (χ0) is 63.6. The Bertz CT molecular complexity index is 2510. The first-order valence-corrected chi connectivity index (χ1v) is 33.3. The highest BCUT2D eigenvalue weighted by Crippen LogP contribution is 2.33. The van der Waals surface area contributed by atoms with Crippen LogP contribution in [0.3, 0.4) is 0 Å². The second-order valence-electron chi connectivity index (χ2n) is 24.4. The maximum Gasteiger partial charge on any atom is 0.408 e. The van der Waals surface area contributed by atoms with Crippen LogP contribution >= 0.6 is 11.6 Å². The number of hydroxylamine groups is 2. The summed E-state index contributed by atoms with van der Waals surface area (Å²) in [5.41, 5.74) is 2.39. The first kappa shape index (κ1) is 74.3. The highest BCUT2D eigenvalue weighted by Gasteiger charge is 2.39. The molecule has 1 saturated carbocycles. The third-order valence-electron chi connectivity index (χ3n) is 16.6. The number of aromatic nitrogens is 3. The van der Waals surface area contributed by atoms with Gasteiger partial charge in [0.2, 0.25) is 0 Å². The third kappa shape index (κ3) is 26.8. The van der Waals surface area contributed by atoms with Crippen molar-refractivity contribution in [1.29, 1.82) is 0 Å². The van der Waals surface area contributed by atoms with Crippen molar-refractivity contribution in [1.82, 2.24) is 50.2 Å². The van der Waals surface area contributed by atoms with Crippen LogP contribution in [0.5, 0.6) is 5.75 Å². The van der Waals surface area contributed by atoms with Gasteiger partial charge in [-0.3, -0.25) is 4.90 Å². The van der Waals surface area contributed by atoms with Gasteiger partial charge in [-0.25, -0.2) is 14.8 Å². The van der Waals surface area contributed by atoms with Crippen LogP contribution in [-0.4, -0.2) is 194 Å². The quantitative estimate of drug-likeness (QED) is 0.0636. The van der Waals surface area contributed by atoms with Crippen molar-refractivity contribution < 1.29 is 28.7 Å². The molecular weight excluding hydrogens is 1110 g/mol. The summed E-state index contributed by atoms with van der Waals surface area (Å²) < 4.78 is 12.1. The average Bonchev–Trinajstić information content (AvgIpc) is 2.74. The van der Waals surface area contributed by atoms with E-state index >= 15 is 0 Å². The van der Waals surface area contributed by atoms with Gasteiger partial charge in [-0.1, -0.05) is 90.3 Å². The zero-order valence-corrected chi connectivity index (χ0v) is 56.0. The number of aldehydes is 2. The molecule has 0 spiro atoms. The Morgan fingerprint density at radius 2 is 1.44 bits per heavy atom. The van der Waals surface area contributed by atoms with Crippen molar-refractivity contribution in [3.05, 3.63) is 83.3 Å². The largest absolute Gasteiger partial charge is 0.444 e. The number of hydrogen-bond acceptors (Lipinski definition) is 15. The highest BCUT2D eigenvalue weighted by molar-refractivity contribution is 6.30. The molecule has 486 valence electrons. The number of piperidine rings is 4. The smallest absolute Gasteiger partial charge is 0.408 e. The molecule has 18 heteroatoms. The van der Waals surface area contributed by atoms with E-state index in [0.717, 1.165) is 177 Å². The highest BCUT2D eigenvalue weighted by atomic mass is 35.5. The van der Waals surface area contributed by atoms with Crippen molar-refractivity contribution in [3.63, 3.8) is 0 Å². The number of aromatic amines is 1.